The van der Waals surface area contributed by atoms with E-state index in [2.05, 4.69) is 11.0 Å². The Balaban J connectivity index is 1.75. The van der Waals surface area contributed by atoms with Crippen LogP contribution in [-0.2, 0) is 4.74 Å². The second kappa shape index (κ2) is 7.73. The molecule has 1 aromatic rings. The maximum atomic E-state index is 9.01. The molecule has 0 spiro atoms. The van der Waals surface area contributed by atoms with Crippen molar-refractivity contribution in [2.75, 3.05) is 46.6 Å². The zero-order valence-corrected chi connectivity index (χ0v) is 11.8. The summed E-state index contributed by atoms with van der Waals surface area (Å²) in [5, 5.41) is 9.01. The average Bonchev–Trinajstić information content (AvgIpc) is 2.52. The molecular formula is C15H20N2O3. The van der Waals surface area contributed by atoms with Gasteiger partial charge in [-0.05, 0) is 18.6 Å². The summed E-state index contributed by atoms with van der Waals surface area (Å²) >= 11 is 0. The van der Waals surface area contributed by atoms with Gasteiger partial charge in [0, 0.05) is 25.7 Å². The van der Waals surface area contributed by atoms with Crippen molar-refractivity contribution in [1.82, 2.24) is 4.90 Å². The lowest BCUT2D eigenvalue weighted by Gasteiger charge is -2.26. The number of hydrogen-bond acceptors (Lipinski definition) is 5. The van der Waals surface area contributed by atoms with Crippen LogP contribution in [0.25, 0.3) is 0 Å². The van der Waals surface area contributed by atoms with Gasteiger partial charge in [-0.3, -0.25) is 4.90 Å². The molecule has 5 heteroatoms. The van der Waals surface area contributed by atoms with E-state index in [9.17, 15) is 0 Å². The molecule has 2 rings (SSSR count). The van der Waals surface area contributed by atoms with Crippen molar-refractivity contribution >= 4 is 0 Å². The van der Waals surface area contributed by atoms with Crippen LogP contribution in [0.3, 0.4) is 0 Å². The van der Waals surface area contributed by atoms with Crippen molar-refractivity contribution < 1.29 is 14.2 Å². The number of morpholine rings is 1. The Labute approximate surface area is 119 Å². The zero-order valence-electron chi connectivity index (χ0n) is 11.8. The molecule has 0 unspecified atom stereocenters. The molecule has 0 N–H and O–H groups in total. The Morgan fingerprint density at radius 2 is 2.15 bits per heavy atom. The number of rotatable bonds is 6. The number of hydrogen-bond donors (Lipinski definition) is 0. The van der Waals surface area contributed by atoms with Gasteiger partial charge in [-0.1, -0.05) is 0 Å². The van der Waals surface area contributed by atoms with Crippen molar-refractivity contribution in [1.29, 1.82) is 5.26 Å². The molecule has 0 saturated carbocycles. The molecule has 0 radical (unpaired) electrons. The van der Waals surface area contributed by atoms with Gasteiger partial charge in [0.25, 0.3) is 0 Å². The SMILES string of the molecule is COc1ccc(OCCCN2CCOCC2)cc1C#N. The topological polar surface area (TPSA) is 54.7 Å². The average molecular weight is 276 g/mol. The lowest BCUT2D eigenvalue weighted by atomic mass is 10.2. The van der Waals surface area contributed by atoms with E-state index in [0.717, 1.165) is 39.3 Å². The molecule has 0 aromatic heterocycles. The van der Waals surface area contributed by atoms with Crippen LogP contribution in [0.2, 0.25) is 0 Å². The van der Waals surface area contributed by atoms with E-state index in [1.807, 2.05) is 6.07 Å². The molecule has 1 aromatic carbocycles. The van der Waals surface area contributed by atoms with Crippen LogP contribution >= 0.6 is 0 Å². The van der Waals surface area contributed by atoms with Gasteiger partial charge in [0.15, 0.2) is 0 Å². The third-order valence-corrected chi connectivity index (χ3v) is 3.28. The minimum atomic E-state index is 0.498. The number of nitrogens with zero attached hydrogens (tertiary/aromatic N) is 2. The Morgan fingerprint density at radius 3 is 2.85 bits per heavy atom. The molecule has 1 heterocycles. The molecule has 0 amide bonds. The summed E-state index contributed by atoms with van der Waals surface area (Å²) in [7, 11) is 1.55. The highest BCUT2D eigenvalue weighted by atomic mass is 16.5. The van der Waals surface area contributed by atoms with Crippen LogP contribution in [0.4, 0.5) is 0 Å². The van der Waals surface area contributed by atoms with Gasteiger partial charge >= 0.3 is 0 Å². The van der Waals surface area contributed by atoms with Gasteiger partial charge in [-0.2, -0.15) is 5.26 Å². The Bertz CT molecular complexity index is 465. The second-order valence-corrected chi connectivity index (χ2v) is 4.63. The van der Waals surface area contributed by atoms with Crippen molar-refractivity contribution in [3.63, 3.8) is 0 Å². The van der Waals surface area contributed by atoms with Gasteiger partial charge in [-0.25, -0.2) is 0 Å². The summed E-state index contributed by atoms with van der Waals surface area (Å²) in [6.07, 6.45) is 0.966. The fourth-order valence-electron chi connectivity index (χ4n) is 2.17. The highest BCUT2D eigenvalue weighted by Crippen LogP contribution is 2.23. The lowest BCUT2D eigenvalue weighted by Crippen LogP contribution is -2.37. The Hall–Kier alpha value is -1.77. The van der Waals surface area contributed by atoms with Crippen molar-refractivity contribution in [3.05, 3.63) is 23.8 Å². The number of methoxy groups -OCH3 is 1. The predicted molar refractivity (Wildman–Crippen MR) is 75.1 cm³/mol. The van der Waals surface area contributed by atoms with Crippen LogP contribution in [0, 0.1) is 11.3 Å². The van der Waals surface area contributed by atoms with Crippen molar-refractivity contribution in [3.8, 4) is 17.6 Å². The summed E-state index contributed by atoms with van der Waals surface area (Å²) in [6.45, 7) is 5.32. The molecule has 1 saturated heterocycles. The summed E-state index contributed by atoms with van der Waals surface area (Å²) in [5.74, 6) is 1.29. The van der Waals surface area contributed by atoms with Crippen molar-refractivity contribution in [2.45, 2.75) is 6.42 Å². The van der Waals surface area contributed by atoms with Crippen LogP contribution in [-0.4, -0.2) is 51.5 Å². The van der Waals surface area contributed by atoms with Gasteiger partial charge < -0.3 is 14.2 Å². The summed E-state index contributed by atoms with van der Waals surface area (Å²) in [5.41, 5.74) is 0.498. The zero-order chi connectivity index (χ0) is 14.2. The highest BCUT2D eigenvalue weighted by molar-refractivity contribution is 5.47. The van der Waals surface area contributed by atoms with Gasteiger partial charge in [-0.15, -0.1) is 0 Å². The Morgan fingerprint density at radius 1 is 1.35 bits per heavy atom. The van der Waals surface area contributed by atoms with Crippen LogP contribution in [0.1, 0.15) is 12.0 Å². The maximum absolute atomic E-state index is 9.01. The van der Waals surface area contributed by atoms with Gasteiger partial charge in [0.2, 0.25) is 0 Å². The van der Waals surface area contributed by atoms with Crippen LogP contribution in [0.15, 0.2) is 18.2 Å². The third-order valence-electron chi connectivity index (χ3n) is 3.28. The minimum absolute atomic E-state index is 0.498. The molecule has 5 nitrogen and oxygen atoms in total. The van der Waals surface area contributed by atoms with E-state index in [-0.39, 0.29) is 0 Å². The predicted octanol–water partition coefficient (Wildman–Crippen LogP) is 1.67. The summed E-state index contributed by atoms with van der Waals surface area (Å²) in [6, 6.07) is 7.41. The second-order valence-electron chi connectivity index (χ2n) is 4.63. The van der Waals surface area contributed by atoms with E-state index in [1.54, 1.807) is 19.2 Å². The van der Waals surface area contributed by atoms with Crippen molar-refractivity contribution in [2.24, 2.45) is 0 Å². The van der Waals surface area contributed by atoms with E-state index < -0.39 is 0 Å². The van der Waals surface area contributed by atoms with Crippen LogP contribution in [0.5, 0.6) is 11.5 Å². The highest BCUT2D eigenvalue weighted by Gasteiger charge is 2.09. The fourth-order valence-corrected chi connectivity index (χ4v) is 2.17. The van der Waals surface area contributed by atoms with Gasteiger partial charge in [0.05, 0.1) is 32.5 Å². The first-order valence-corrected chi connectivity index (χ1v) is 6.84. The van der Waals surface area contributed by atoms with Gasteiger partial charge in [0.1, 0.15) is 17.6 Å². The molecule has 0 aliphatic carbocycles. The van der Waals surface area contributed by atoms with E-state index in [4.69, 9.17) is 19.5 Å². The molecule has 0 bridgehead atoms. The monoisotopic (exact) mass is 276 g/mol. The third kappa shape index (κ3) is 4.12. The normalized spacial score (nSPS) is 15.6. The van der Waals surface area contributed by atoms with Crippen LogP contribution < -0.4 is 9.47 Å². The quantitative estimate of drug-likeness (QED) is 0.740. The summed E-state index contributed by atoms with van der Waals surface area (Å²) in [4.78, 5) is 2.38. The van der Waals surface area contributed by atoms with E-state index in [0.29, 0.717) is 23.7 Å². The molecule has 20 heavy (non-hydrogen) atoms. The first-order valence-electron chi connectivity index (χ1n) is 6.84. The largest absolute Gasteiger partial charge is 0.495 e. The number of ether oxygens (including phenoxy) is 3. The lowest BCUT2D eigenvalue weighted by molar-refractivity contribution is 0.0358. The maximum Gasteiger partial charge on any atom is 0.136 e. The first-order chi connectivity index (χ1) is 9.83. The number of nitriles is 1. The Kier molecular flexibility index (Phi) is 5.66. The minimum Gasteiger partial charge on any atom is -0.495 e. The first kappa shape index (κ1) is 14.6. The standard InChI is InChI=1S/C15H20N2O3/c1-18-15-4-3-14(11-13(15)12-16)20-8-2-5-17-6-9-19-10-7-17/h3-4,11H,2,5-10H2,1H3. The smallest absolute Gasteiger partial charge is 0.136 e. The number of benzene rings is 1. The van der Waals surface area contributed by atoms with E-state index in [1.165, 1.54) is 0 Å². The van der Waals surface area contributed by atoms with E-state index >= 15 is 0 Å². The molecular weight excluding hydrogens is 256 g/mol. The molecule has 1 aliphatic heterocycles. The summed E-state index contributed by atoms with van der Waals surface area (Å²) < 4.78 is 16.1. The molecule has 108 valence electrons. The molecule has 0 atom stereocenters. The fraction of sp³-hybridized carbons (Fsp3) is 0.533. The molecule has 1 aliphatic rings. The molecule has 1 fully saturated rings.